The minimum Gasteiger partial charge on any atom is -0.366 e. The second-order valence-electron chi connectivity index (χ2n) is 5.18. The molecule has 0 radical (unpaired) electrons. The molecule has 1 aromatic carbocycles. The van der Waals surface area contributed by atoms with Gasteiger partial charge in [-0.3, -0.25) is 14.6 Å². The second kappa shape index (κ2) is 7.35. The van der Waals surface area contributed by atoms with Crippen LogP contribution in [-0.4, -0.2) is 26.9 Å². The fourth-order valence-corrected chi connectivity index (χ4v) is 2.20. The van der Waals surface area contributed by atoms with E-state index in [9.17, 15) is 9.59 Å². The molecule has 126 valence electrons. The van der Waals surface area contributed by atoms with E-state index in [4.69, 9.17) is 10.3 Å². The number of carbonyl (C=O) groups is 2. The minimum atomic E-state index is -0.604. The number of carbonyl (C=O) groups excluding carboxylic acids is 2. The summed E-state index contributed by atoms with van der Waals surface area (Å²) < 4.78 is 5.13. The van der Waals surface area contributed by atoms with Crippen molar-refractivity contribution in [3.8, 4) is 11.5 Å². The van der Waals surface area contributed by atoms with Crippen molar-refractivity contribution in [2.24, 2.45) is 5.73 Å². The van der Waals surface area contributed by atoms with Crippen molar-refractivity contribution in [1.29, 1.82) is 0 Å². The maximum atomic E-state index is 12.1. The third-order valence-electron chi connectivity index (χ3n) is 3.39. The lowest BCUT2D eigenvalue weighted by Gasteiger charge is -2.07. The van der Waals surface area contributed by atoms with E-state index in [0.29, 0.717) is 23.1 Å². The van der Waals surface area contributed by atoms with Crippen LogP contribution in [0.2, 0.25) is 0 Å². The molecular weight excluding hydrogens is 322 g/mol. The van der Waals surface area contributed by atoms with E-state index in [-0.39, 0.29) is 24.3 Å². The van der Waals surface area contributed by atoms with E-state index in [1.54, 1.807) is 42.6 Å². The van der Waals surface area contributed by atoms with Crippen LogP contribution in [0.15, 0.2) is 53.2 Å². The normalized spacial score (nSPS) is 10.4. The molecule has 8 heteroatoms. The second-order valence-corrected chi connectivity index (χ2v) is 5.18. The van der Waals surface area contributed by atoms with Crippen LogP contribution in [-0.2, 0) is 11.2 Å². The number of nitrogens with zero attached hydrogens (tertiary/aromatic N) is 3. The van der Waals surface area contributed by atoms with Gasteiger partial charge in [0.15, 0.2) is 0 Å². The molecule has 0 unspecified atom stereocenters. The number of nitrogens with two attached hydrogens (primary N) is 1. The molecule has 0 aliphatic carbocycles. The van der Waals surface area contributed by atoms with Crippen molar-refractivity contribution >= 4 is 17.5 Å². The highest BCUT2D eigenvalue weighted by atomic mass is 16.5. The van der Waals surface area contributed by atoms with Crippen LogP contribution in [0.5, 0.6) is 0 Å². The summed E-state index contributed by atoms with van der Waals surface area (Å²) >= 11 is 0. The maximum absolute atomic E-state index is 12.1. The van der Waals surface area contributed by atoms with Gasteiger partial charge in [-0.25, -0.2) is 0 Å². The molecule has 0 saturated heterocycles. The molecule has 2 amide bonds. The number of hydrogen-bond acceptors (Lipinski definition) is 6. The van der Waals surface area contributed by atoms with Crippen molar-refractivity contribution < 1.29 is 14.1 Å². The third kappa shape index (κ3) is 4.05. The van der Waals surface area contributed by atoms with Gasteiger partial charge in [-0.2, -0.15) is 4.98 Å². The van der Waals surface area contributed by atoms with Gasteiger partial charge in [0, 0.05) is 19.0 Å². The first-order valence-electron chi connectivity index (χ1n) is 7.56. The molecule has 0 aliphatic heterocycles. The van der Waals surface area contributed by atoms with Gasteiger partial charge in [0.05, 0.1) is 11.3 Å². The Labute approximate surface area is 143 Å². The average Bonchev–Trinajstić information content (AvgIpc) is 3.10. The zero-order valence-electron chi connectivity index (χ0n) is 13.2. The van der Waals surface area contributed by atoms with Crippen LogP contribution in [0, 0.1) is 0 Å². The van der Waals surface area contributed by atoms with Crippen LogP contribution in [0.25, 0.3) is 11.5 Å². The summed E-state index contributed by atoms with van der Waals surface area (Å²) in [6.45, 7) is 0. The van der Waals surface area contributed by atoms with Crippen molar-refractivity contribution in [1.82, 2.24) is 15.1 Å². The molecule has 3 aromatic rings. The SMILES string of the molecule is NC(=O)c1ccccc1NC(=O)CCc1nc(-c2ccccn2)no1. The number of hydrogen-bond donors (Lipinski definition) is 2. The van der Waals surface area contributed by atoms with Gasteiger partial charge in [0.2, 0.25) is 17.6 Å². The standard InChI is InChI=1S/C17H15N5O3/c18-16(24)11-5-1-2-6-12(11)20-14(23)8-9-15-21-17(22-25-15)13-7-3-4-10-19-13/h1-7,10H,8-9H2,(H2,18,24)(H,20,23). The molecule has 2 aromatic heterocycles. The Morgan fingerprint density at radius 2 is 1.92 bits per heavy atom. The summed E-state index contributed by atoms with van der Waals surface area (Å²) in [6.07, 6.45) is 2.02. The number of aryl methyl sites for hydroxylation is 1. The number of para-hydroxylation sites is 1. The number of amides is 2. The summed E-state index contributed by atoms with van der Waals surface area (Å²) in [7, 11) is 0. The van der Waals surface area contributed by atoms with Crippen LogP contribution in [0.1, 0.15) is 22.7 Å². The number of rotatable bonds is 6. The van der Waals surface area contributed by atoms with Gasteiger partial charge in [0.1, 0.15) is 5.69 Å². The monoisotopic (exact) mass is 337 g/mol. The van der Waals surface area contributed by atoms with E-state index in [1.165, 1.54) is 0 Å². The molecule has 3 N–H and O–H groups in total. The van der Waals surface area contributed by atoms with Gasteiger partial charge in [-0.05, 0) is 24.3 Å². The van der Waals surface area contributed by atoms with Crippen LogP contribution >= 0.6 is 0 Å². The predicted octanol–water partition coefficient (Wildman–Crippen LogP) is 1.80. The molecule has 2 heterocycles. The largest absolute Gasteiger partial charge is 0.366 e. The minimum absolute atomic E-state index is 0.122. The van der Waals surface area contributed by atoms with Crippen LogP contribution in [0.4, 0.5) is 5.69 Å². The molecule has 25 heavy (non-hydrogen) atoms. The number of pyridine rings is 1. The molecule has 0 bridgehead atoms. The van der Waals surface area contributed by atoms with Gasteiger partial charge < -0.3 is 15.6 Å². The quantitative estimate of drug-likeness (QED) is 0.707. The number of nitrogens with one attached hydrogen (secondary N) is 1. The molecule has 0 saturated carbocycles. The lowest BCUT2D eigenvalue weighted by molar-refractivity contribution is -0.116. The van der Waals surface area contributed by atoms with Crippen molar-refractivity contribution in [2.75, 3.05) is 5.32 Å². The zero-order chi connectivity index (χ0) is 17.6. The number of aromatic nitrogens is 3. The molecule has 3 rings (SSSR count). The Morgan fingerprint density at radius 1 is 1.12 bits per heavy atom. The van der Waals surface area contributed by atoms with Gasteiger partial charge in [-0.15, -0.1) is 0 Å². The number of primary amides is 1. The first-order valence-corrected chi connectivity index (χ1v) is 7.56. The lowest BCUT2D eigenvalue weighted by Crippen LogP contribution is -2.18. The van der Waals surface area contributed by atoms with Crippen molar-refractivity contribution in [3.05, 3.63) is 60.1 Å². The highest BCUT2D eigenvalue weighted by molar-refractivity contribution is 6.02. The predicted molar refractivity (Wildman–Crippen MR) is 89.4 cm³/mol. The maximum Gasteiger partial charge on any atom is 0.250 e. The van der Waals surface area contributed by atoms with E-state index < -0.39 is 5.91 Å². The molecule has 0 fully saturated rings. The topological polar surface area (TPSA) is 124 Å². The van der Waals surface area contributed by atoms with Gasteiger partial charge >= 0.3 is 0 Å². The molecule has 0 spiro atoms. The van der Waals surface area contributed by atoms with E-state index in [2.05, 4.69) is 20.4 Å². The highest BCUT2D eigenvalue weighted by Gasteiger charge is 2.13. The summed E-state index contributed by atoms with van der Waals surface area (Å²) in [5.41, 5.74) is 6.51. The van der Waals surface area contributed by atoms with Crippen molar-refractivity contribution in [3.63, 3.8) is 0 Å². The summed E-state index contributed by atoms with van der Waals surface area (Å²) in [6, 6.07) is 11.9. The third-order valence-corrected chi connectivity index (χ3v) is 3.39. The van der Waals surface area contributed by atoms with E-state index >= 15 is 0 Å². The summed E-state index contributed by atoms with van der Waals surface area (Å²) in [4.78, 5) is 31.8. The Balaban J connectivity index is 1.60. The van der Waals surface area contributed by atoms with Gasteiger partial charge in [-0.1, -0.05) is 23.4 Å². The highest BCUT2D eigenvalue weighted by Crippen LogP contribution is 2.16. The molecule has 0 atom stereocenters. The number of benzene rings is 1. The van der Waals surface area contributed by atoms with Gasteiger partial charge in [0.25, 0.3) is 5.91 Å². The smallest absolute Gasteiger partial charge is 0.250 e. The van der Waals surface area contributed by atoms with Crippen LogP contribution in [0.3, 0.4) is 0 Å². The lowest BCUT2D eigenvalue weighted by atomic mass is 10.1. The first kappa shape index (κ1) is 16.3. The van der Waals surface area contributed by atoms with Crippen molar-refractivity contribution in [2.45, 2.75) is 12.8 Å². The fourth-order valence-electron chi connectivity index (χ4n) is 2.20. The van der Waals surface area contributed by atoms with E-state index in [1.807, 2.05) is 6.07 Å². The molecule has 0 aliphatic rings. The van der Waals surface area contributed by atoms with E-state index in [0.717, 1.165) is 0 Å². The summed E-state index contributed by atoms with van der Waals surface area (Å²) in [5.74, 6) is -0.187. The first-order chi connectivity index (χ1) is 12.1. The Hall–Kier alpha value is -3.55. The zero-order valence-corrected chi connectivity index (χ0v) is 13.2. The molecule has 8 nitrogen and oxygen atoms in total. The Morgan fingerprint density at radius 3 is 2.68 bits per heavy atom. The Kier molecular flexibility index (Phi) is 4.79. The fraction of sp³-hybridized carbons (Fsp3) is 0.118. The van der Waals surface area contributed by atoms with Crippen LogP contribution < -0.4 is 11.1 Å². The molecular formula is C17H15N5O3. The summed E-state index contributed by atoms with van der Waals surface area (Å²) in [5, 5.41) is 6.50. The number of anilines is 1. The Bertz CT molecular complexity index is 892. The average molecular weight is 337 g/mol.